The van der Waals surface area contributed by atoms with Crippen molar-refractivity contribution in [1.82, 2.24) is 10.2 Å². The van der Waals surface area contributed by atoms with E-state index in [-0.39, 0.29) is 30.4 Å². The van der Waals surface area contributed by atoms with E-state index in [0.717, 1.165) is 17.5 Å². The van der Waals surface area contributed by atoms with Gasteiger partial charge in [-0.25, -0.2) is 4.39 Å². The van der Waals surface area contributed by atoms with Crippen molar-refractivity contribution in [3.05, 3.63) is 71.5 Å². The summed E-state index contributed by atoms with van der Waals surface area (Å²) < 4.78 is 18.0. The molecule has 0 bridgehead atoms. The van der Waals surface area contributed by atoms with Crippen LogP contribution in [0.3, 0.4) is 0 Å². The Balaban J connectivity index is 2.12. The van der Waals surface area contributed by atoms with Gasteiger partial charge in [0.05, 0.1) is 13.7 Å². The van der Waals surface area contributed by atoms with Crippen LogP contribution in [0.25, 0.3) is 0 Å². The van der Waals surface area contributed by atoms with Crippen molar-refractivity contribution in [1.29, 1.82) is 0 Å². The van der Waals surface area contributed by atoms with E-state index in [1.807, 2.05) is 25.2 Å². The van der Waals surface area contributed by atoms with E-state index >= 15 is 0 Å². The lowest BCUT2D eigenvalue weighted by Gasteiger charge is -2.32. The second kappa shape index (κ2) is 10.0. The summed E-state index contributed by atoms with van der Waals surface area (Å²) in [6, 6.07) is 16.8. The number of nitrogens with zero attached hydrogens (tertiary/aromatic N) is 1. The molecule has 1 N–H and O–H groups in total. The largest absolute Gasteiger partial charge is 0.468 e. The first-order valence-electron chi connectivity index (χ1n) is 8.81. The minimum atomic E-state index is -0.260. The highest BCUT2D eigenvalue weighted by Gasteiger charge is 2.22. The first kappa shape index (κ1) is 20.1. The van der Waals surface area contributed by atoms with Crippen LogP contribution in [0.1, 0.15) is 24.1 Å². The van der Waals surface area contributed by atoms with Gasteiger partial charge in [-0.3, -0.25) is 9.69 Å². The van der Waals surface area contributed by atoms with E-state index in [2.05, 4.69) is 29.3 Å². The van der Waals surface area contributed by atoms with E-state index in [1.165, 1.54) is 19.2 Å². The number of nitrogens with one attached hydrogen (secondary N) is 1. The third-order valence-corrected chi connectivity index (χ3v) is 4.65. The molecular formula is C21H27FN2O2. The summed E-state index contributed by atoms with van der Waals surface area (Å²) >= 11 is 0. The van der Waals surface area contributed by atoms with E-state index in [1.54, 1.807) is 12.1 Å². The Morgan fingerprint density at radius 1 is 1.15 bits per heavy atom. The number of hydrogen-bond donors (Lipinski definition) is 1. The van der Waals surface area contributed by atoms with E-state index in [4.69, 9.17) is 4.74 Å². The van der Waals surface area contributed by atoms with Crippen molar-refractivity contribution in [2.24, 2.45) is 0 Å². The molecule has 0 saturated carbocycles. The minimum absolute atomic E-state index is 0.0689. The van der Waals surface area contributed by atoms with Crippen molar-refractivity contribution in [2.75, 3.05) is 27.2 Å². The van der Waals surface area contributed by atoms with Crippen LogP contribution in [0, 0.1) is 5.82 Å². The maximum Gasteiger partial charge on any atom is 0.319 e. The number of esters is 1. The highest BCUT2D eigenvalue weighted by molar-refractivity contribution is 5.71. The number of benzene rings is 2. The number of methoxy groups -OCH3 is 1. The van der Waals surface area contributed by atoms with Crippen molar-refractivity contribution < 1.29 is 13.9 Å². The molecule has 0 amide bonds. The fourth-order valence-corrected chi connectivity index (χ4v) is 2.98. The molecule has 140 valence electrons. The molecule has 0 fully saturated rings. The molecule has 0 aliphatic rings. The van der Waals surface area contributed by atoms with E-state index in [9.17, 15) is 9.18 Å². The third kappa shape index (κ3) is 5.93. The van der Waals surface area contributed by atoms with Gasteiger partial charge in [0.2, 0.25) is 0 Å². The topological polar surface area (TPSA) is 41.6 Å². The normalized spacial score (nSPS) is 13.4. The predicted molar refractivity (Wildman–Crippen MR) is 101 cm³/mol. The van der Waals surface area contributed by atoms with E-state index < -0.39 is 0 Å². The molecule has 26 heavy (non-hydrogen) atoms. The standard InChI is InChI=1S/C21H27FN2O2/c1-16(18-7-5-4-6-8-18)24(15-21(25)26-3)14-20(23-2)13-17-9-11-19(22)12-10-17/h4-12,16,20,23H,13-15H2,1-3H3. The lowest BCUT2D eigenvalue weighted by atomic mass is 10.0. The first-order valence-corrected chi connectivity index (χ1v) is 8.81. The molecule has 2 atom stereocenters. The van der Waals surface area contributed by atoms with Crippen LogP contribution >= 0.6 is 0 Å². The van der Waals surface area contributed by atoms with Crippen LogP contribution in [-0.2, 0) is 16.0 Å². The van der Waals surface area contributed by atoms with Gasteiger partial charge in [0, 0.05) is 18.6 Å². The van der Waals surface area contributed by atoms with E-state index in [0.29, 0.717) is 6.54 Å². The molecular weight excluding hydrogens is 331 g/mol. The zero-order valence-electron chi connectivity index (χ0n) is 15.6. The monoisotopic (exact) mass is 358 g/mol. The number of likely N-dealkylation sites (N-methyl/N-ethyl adjacent to an activating group) is 1. The van der Waals surface area contributed by atoms with Gasteiger partial charge in [0.1, 0.15) is 5.82 Å². The number of rotatable bonds is 9. The third-order valence-electron chi connectivity index (χ3n) is 4.65. The van der Waals surface area contributed by atoms with Gasteiger partial charge in [-0.1, -0.05) is 42.5 Å². The molecule has 2 aromatic rings. The van der Waals surface area contributed by atoms with Crippen molar-refractivity contribution in [3.8, 4) is 0 Å². The fraction of sp³-hybridized carbons (Fsp3) is 0.381. The van der Waals surface area contributed by atoms with Gasteiger partial charge in [-0.05, 0) is 43.7 Å². The van der Waals surface area contributed by atoms with Gasteiger partial charge in [0.15, 0.2) is 0 Å². The molecule has 5 heteroatoms. The summed E-state index contributed by atoms with van der Waals surface area (Å²) in [5.41, 5.74) is 2.20. The summed E-state index contributed by atoms with van der Waals surface area (Å²) in [6.45, 7) is 2.97. The Morgan fingerprint density at radius 3 is 2.38 bits per heavy atom. The van der Waals surface area contributed by atoms with Gasteiger partial charge in [0.25, 0.3) is 0 Å². The van der Waals surface area contributed by atoms with Gasteiger partial charge < -0.3 is 10.1 Å². The molecule has 4 nitrogen and oxygen atoms in total. The zero-order chi connectivity index (χ0) is 18.9. The Bertz CT molecular complexity index is 676. The lowest BCUT2D eigenvalue weighted by molar-refractivity contribution is -0.142. The van der Waals surface area contributed by atoms with Gasteiger partial charge >= 0.3 is 5.97 Å². The zero-order valence-corrected chi connectivity index (χ0v) is 15.6. The van der Waals surface area contributed by atoms with Crippen LogP contribution in [0.4, 0.5) is 4.39 Å². The highest BCUT2D eigenvalue weighted by Crippen LogP contribution is 2.20. The number of halogens is 1. The number of hydrogen-bond acceptors (Lipinski definition) is 4. The Morgan fingerprint density at radius 2 is 1.81 bits per heavy atom. The molecule has 2 unspecified atom stereocenters. The fourth-order valence-electron chi connectivity index (χ4n) is 2.98. The number of ether oxygens (including phenoxy) is 1. The summed E-state index contributed by atoms with van der Waals surface area (Å²) in [5, 5.41) is 3.31. The Kier molecular flexibility index (Phi) is 7.75. The number of carbonyl (C=O) groups is 1. The Hall–Kier alpha value is -2.24. The molecule has 2 rings (SSSR count). The van der Waals surface area contributed by atoms with Crippen LogP contribution in [-0.4, -0.2) is 44.2 Å². The molecule has 0 heterocycles. The highest BCUT2D eigenvalue weighted by atomic mass is 19.1. The lowest BCUT2D eigenvalue weighted by Crippen LogP contribution is -2.44. The smallest absolute Gasteiger partial charge is 0.319 e. The van der Waals surface area contributed by atoms with Crippen molar-refractivity contribution in [3.63, 3.8) is 0 Å². The average Bonchev–Trinajstić information content (AvgIpc) is 2.68. The van der Waals surface area contributed by atoms with Gasteiger partial charge in [-0.15, -0.1) is 0 Å². The maximum absolute atomic E-state index is 13.1. The van der Waals surface area contributed by atoms with Gasteiger partial charge in [-0.2, -0.15) is 0 Å². The molecule has 0 aromatic heterocycles. The first-order chi connectivity index (χ1) is 12.5. The predicted octanol–water partition coefficient (Wildman–Crippen LogP) is 3.19. The second-order valence-corrected chi connectivity index (χ2v) is 6.41. The summed E-state index contributed by atoms with van der Waals surface area (Å²) in [6.07, 6.45) is 0.746. The molecule has 0 radical (unpaired) electrons. The quantitative estimate of drug-likeness (QED) is 0.699. The van der Waals surface area contributed by atoms with Crippen LogP contribution in [0.15, 0.2) is 54.6 Å². The molecule has 0 saturated heterocycles. The molecule has 0 aliphatic carbocycles. The SMILES string of the molecule is CNC(Cc1ccc(F)cc1)CN(CC(=O)OC)C(C)c1ccccc1. The molecule has 2 aromatic carbocycles. The van der Waals surface area contributed by atoms with Crippen LogP contribution in [0.2, 0.25) is 0 Å². The minimum Gasteiger partial charge on any atom is -0.468 e. The summed E-state index contributed by atoms with van der Waals surface area (Å²) in [4.78, 5) is 14.0. The second-order valence-electron chi connectivity index (χ2n) is 6.41. The Labute approximate surface area is 155 Å². The van der Waals surface area contributed by atoms with Crippen molar-refractivity contribution >= 4 is 5.97 Å². The maximum atomic E-state index is 13.1. The van der Waals surface area contributed by atoms with Crippen LogP contribution in [0.5, 0.6) is 0 Å². The molecule has 0 spiro atoms. The average molecular weight is 358 g/mol. The number of carbonyl (C=O) groups excluding carboxylic acids is 1. The van der Waals surface area contributed by atoms with Crippen LogP contribution < -0.4 is 5.32 Å². The summed E-state index contributed by atoms with van der Waals surface area (Å²) in [5.74, 6) is -0.496. The molecule has 0 aliphatic heterocycles. The van der Waals surface area contributed by atoms with Crippen molar-refractivity contribution in [2.45, 2.75) is 25.4 Å². The summed E-state index contributed by atoms with van der Waals surface area (Å²) in [7, 11) is 3.31.